The van der Waals surface area contributed by atoms with Crippen LogP contribution in [0.15, 0.2) is 41.8 Å². The number of nitro benzene ring substituents is 1. The minimum atomic E-state index is -0.560. The molecule has 0 atom stereocenters. The van der Waals surface area contributed by atoms with Gasteiger partial charge in [0.15, 0.2) is 12.4 Å². The van der Waals surface area contributed by atoms with Crippen LogP contribution in [-0.4, -0.2) is 23.3 Å². The van der Waals surface area contributed by atoms with Gasteiger partial charge in [0.05, 0.1) is 4.92 Å². The summed E-state index contributed by atoms with van der Waals surface area (Å²) in [5.74, 6) is -0.972. The van der Waals surface area contributed by atoms with Crippen LogP contribution in [-0.2, 0) is 4.74 Å². The Kier molecular flexibility index (Phi) is 4.21. The summed E-state index contributed by atoms with van der Waals surface area (Å²) in [4.78, 5) is 33.6. The molecule has 2 aromatic rings. The van der Waals surface area contributed by atoms with Crippen molar-refractivity contribution in [1.82, 2.24) is 0 Å². The molecule has 0 aliphatic heterocycles. The lowest BCUT2D eigenvalue weighted by Crippen LogP contribution is -2.13. The fourth-order valence-electron chi connectivity index (χ4n) is 1.45. The minimum absolute atomic E-state index is 0.0999. The molecular weight excluding hydrogens is 282 g/mol. The Morgan fingerprint density at radius 1 is 1.20 bits per heavy atom. The molecule has 0 aliphatic carbocycles. The van der Waals surface area contributed by atoms with Crippen molar-refractivity contribution >= 4 is 28.8 Å². The number of ether oxygens (including phenoxy) is 1. The van der Waals surface area contributed by atoms with E-state index < -0.39 is 23.3 Å². The molecular formula is C13H9NO5S. The Labute approximate surface area is 117 Å². The average Bonchev–Trinajstić information content (AvgIpc) is 2.98. The van der Waals surface area contributed by atoms with Crippen molar-refractivity contribution in [3.05, 3.63) is 62.3 Å². The Morgan fingerprint density at radius 2 is 1.90 bits per heavy atom. The fourth-order valence-corrected chi connectivity index (χ4v) is 2.07. The highest BCUT2D eigenvalue weighted by atomic mass is 32.1. The third kappa shape index (κ3) is 3.27. The van der Waals surface area contributed by atoms with Gasteiger partial charge in [0, 0.05) is 17.7 Å². The van der Waals surface area contributed by atoms with E-state index in [2.05, 4.69) is 0 Å². The maximum absolute atomic E-state index is 11.8. The van der Waals surface area contributed by atoms with Crippen LogP contribution >= 0.6 is 11.3 Å². The standard InChI is InChI=1S/C13H9NO5S/c15-11(8-19-13(16)12-2-1-7-20-12)9-3-5-10(6-4-9)14(17)18/h1-7H,8H2. The number of hydrogen-bond donors (Lipinski definition) is 0. The van der Waals surface area contributed by atoms with E-state index in [1.807, 2.05) is 0 Å². The molecule has 0 saturated heterocycles. The van der Waals surface area contributed by atoms with Crippen molar-refractivity contribution in [2.24, 2.45) is 0 Å². The van der Waals surface area contributed by atoms with E-state index in [0.717, 1.165) is 0 Å². The first-order valence-electron chi connectivity index (χ1n) is 5.56. The highest BCUT2D eigenvalue weighted by Gasteiger charge is 2.13. The van der Waals surface area contributed by atoms with Crippen LogP contribution in [0.3, 0.4) is 0 Å². The number of esters is 1. The van der Waals surface area contributed by atoms with Crippen LogP contribution < -0.4 is 0 Å². The number of benzene rings is 1. The molecule has 0 fully saturated rings. The zero-order chi connectivity index (χ0) is 14.5. The Bertz CT molecular complexity index is 633. The predicted molar refractivity (Wildman–Crippen MR) is 72.0 cm³/mol. The number of rotatable bonds is 5. The molecule has 102 valence electrons. The van der Waals surface area contributed by atoms with Crippen molar-refractivity contribution < 1.29 is 19.2 Å². The van der Waals surface area contributed by atoms with Gasteiger partial charge in [-0.3, -0.25) is 14.9 Å². The van der Waals surface area contributed by atoms with E-state index in [1.165, 1.54) is 35.6 Å². The van der Waals surface area contributed by atoms with Crippen LogP contribution in [0.2, 0.25) is 0 Å². The number of carbonyl (C=O) groups is 2. The molecule has 7 heteroatoms. The van der Waals surface area contributed by atoms with Crippen molar-refractivity contribution in [3.63, 3.8) is 0 Å². The Morgan fingerprint density at radius 3 is 2.45 bits per heavy atom. The lowest BCUT2D eigenvalue weighted by atomic mass is 10.1. The number of hydrogen-bond acceptors (Lipinski definition) is 6. The largest absolute Gasteiger partial charge is 0.453 e. The predicted octanol–water partition coefficient (Wildman–Crippen LogP) is 2.70. The molecule has 0 spiro atoms. The van der Waals surface area contributed by atoms with Crippen molar-refractivity contribution in [3.8, 4) is 0 Å². The molecule has 0 radical (unpaired) electrons. The van der Waals surface area contributed by atoms with Crippen molar-refractivity contribution in [2.45, 2.75) is 0 Å². The first-order chi connectivity index (χ1) is 9.58. The summed E-state index contributed by atoms with van der Waals surface area (Å²) < 4.78 is 4.87. The molecule has 1 heterocycles. The molecule has 1 aromatic carbocycles. The van der Waals surface area contributed by atoms with Gasteiger partial charge in [0.25, 0.3) is 5.69 Å². The third-order valence-corrected chi connectivity index (χ3v) is 3.31. The van der Waals surface area contributed by atoms with Gasteiger partial charge in [-0.15, -0.1) is 11.3 Å². The molecule has 20 heavy (non-hydrogen) atoms. The van der Waals surface area contributed by atoms with E-state index in [9.17, 15) is 19.7 Å². The number of nitro groups is 1. The number of nitrogens with zero attached hydrogens (tertiary/aromatic N) is 1. The summed E-state index contributed by atoms with van der Waals surface area (Å²) in [5.41, 5.74) is 0.159. The zero-order valence-corrected chi connectivity index (χ0v) is 11.0. The molecule has 2 rings (SSSR count). The van der Waals surface area contributed by atoms with Crippen LogP contribution in [0.25, 0.3) is 0 Å². The average molecular weight is 291 g/mol. The molecule has 0 amide bonds. The second-order valence-electron chi connectivity index (χ2n) is 3.78. The molecule has 0 bridgehead atoms. The van der Waals surface area contributed by atoms with E-state index in [0.29, 0.717) is 4.88 Å². The van der Waals surface area contributed by atoms with Crippen molar-refractivity contribution in [2.75, 3.05) is 6.61 Å². The molecule has 0 aliphatic rings. The summed E-state index contributed by atoms with van der Waals surface area (Å²) in [6.07, 6.45) is 0. The van der Waals surface area contributed by atoms with E-state index in [-0.39, 0.29) is 11.3 Å². The normalized spacial score (nSPS) is 10.0. The SMILES string of the molecule is O=C(COC(=O)c1cccs1)c1ccc([N+](=O)[O-])cc1. The second-order valence-corrected chi connectivity index (χ2v) is 4.73. The zero-order valence-electron chi connectivity index (χ0n) is 10.1. The summed E-state index contributed by atoms with van der Waals surface area (Å²) >= 11 is 1.22. The van der Waals surface area contributed by atoms with Gasteiger partial charge in [-0.1, -0.05) is 6.07 Å². The first-order valence-corrected chi connectivity index (χ1v) is 6.44. The van der Waals surface area contributed by atoms with Gasteiger partial charge in [-0.05, 0) is 23.6 Å². The number of carbonyl (C=O) groups excluding carboxylic acids is 2. The van der Waals surface area contributed by atoms with Crippen molar-refractivity contribution in [1.29, 1.82) is 0 Å². The van der Waals surface area contributed by atoms with Crippen LogP contribution in [0.4, 0.5) is 5.69 Å². The van der Waals surface area contributed by atoms with E-state index in [4.69, 9.17) is 4.74 Å². The van der Waals surface area contributed by atoms with Gasteiger partial charge in [-0.25, -0.2) is 4.79 Å². The lowest BCUT2D eigenvalue weighted by Gasteiger charge is -2.02. The first kappa shape index (κ1) is 13.9. The summed E-state index contributed by atoms with van der Waals surface area (Å²) in [6, 6.07) is 8.43. The summed E-state index contributed by atoms with van der Waals surface area (Å²) in [5, 5.41) is 12.2. The molecule has 6 nitrogen and oxygen atoms in total. The summed E-state index contributed by atoms with van der Waals surface area (Å²) in [7, 11) is 0. The highest BCUT2D eigenvalue weighted by Crippen LogP contribution is 2.13. The third-order valence-electron chi connectivity index (χ3n) is 2.46. The number of non-ortho nitro benzene ring substituents is 1. The fraction of sp³-hybridized carbons (Fsp3) is 0.0769. The smallest absolute Gasteiger partial charge is 0.348 e. The molecule has 0 N–H and O–H groups in total. The Balaban J connectivity index is 1.95. The van der Waals surface area contributed by atoms with Crippen LogP contribution in [0.5, 0.6) is 0 Å². The van der Waals surface area contributed by atoms with Gasteiger partial charge < -0.3 is 4.74 Å². The second kappa shape index (κ2) is 6.07. The van der Waals surface area contributed by atoms with E-state index >= 15 is 0 Å². The van der Waals surface area contributed by atoms with E-state index in [1.54, 1.807) is 17.5 Å². The highest BCUT2D eigenvalue weighted by molar-refractivity contribution is 7.11. The lowest BCUT2D eigenvalue weighted by molar-refractivity contribution is -0.384. The van der Waals surface area contributed by atoms with Crippen LogP contribution in [0, 0.1) is 10.1 Å². The monoisotopic (exact) mass is 291 g/mol. The number of thiophene rings is 1. The van der Waals surface area contributed by atoms with Crippen LogP contribution in [0.1, 0.15) is 20.0 Å². The Hall–Kier alpha value is -2.54. The maximum Gasteiger partial charge on any atom is 0.348 e. The minimum Gasteiger partial charge on any atom is -0.453 e. The molecule has 0 saturated carbocycles. The molecule has 1 aromatic heterocycles. The number of ketones is 1. The molecule has 0 unspecified atom stereocenters. The topological polar surface area (TPSA) is 86.5 Å². The van der Waals surface area contributed by atoms with Gasteiger partial charge in [0.1, 0.15) is 4.88 Å². The quantitative estimate of drug-likeness (QED) is 0.366. The maximum atomic E-state index is 11.8. The van der Waals surface area contributed by atoms with Gasteiger partial charge in [-0.2, -0.15) is 0 Å². The van der Waals surface area contributed by atoms with Gasteiger partial charge >= 0.3 is 5.97 Å². The number of Topliss-reactive ketones (excluding diaryl/α,β-unsaturated/α-hetero) is 1. The van der Waals surface area contributed by atoms with Gasteiger partial charge in [0.2, 0.25) is 0 Å². The summed E-state index contributed by atoms with van der Waals surface area (Å²) in [6.45, 7) is -0.394.